The first kappa shape index (κ1) is 24.3. The van der Waals surface area contributed by atoms with Gasteiger partial charge in [-0.3, -0.25) is 4.79 Å². The van der Waals surface area contributed by atoms with E-state index in [1.54, 1.807) is 0 Å². The zero-order valence-corrected chi connectivity index (χ0v) is 11.0. The van der Waals surface area contributed by atoms with E-state index in [2.05, 4.69) is 0 Å². The summed E-state index contributed by atoms with van der Waals surface area (Å²) in [5, 5.41) is 0. The summed E-state index contributed by atoms with van der Waals surface area (Å²) in [5.41, 5.74) is -12.6. The Balaban J connectivity index is 7.09. The second-order valence-electron chi connectivity index (χ2n) is 4.24. The third kappa shape index (κ3) is 3.84. The van der Waals surface area contributed by atoms with E-state index in [0.717, 1.165) is 0 Å². The first-order valence-corrected chi connectivity index (χ1v) is 5.23. The fraction of sp³-hybridized carbons (Fsp3) is 0.667. The van der Waals surface area contributed by atoms with Gasteiger partial charge in [0.1, 0.15) is 5.57 Å². The summed E-state index contributed by atoms with van der Waals surface area (Å²) < 4.78 is 197. The van der Waals surface area contributed by atoms with Crippen molar-refractivity contribution in [3.63, 3.8) is 0 Å². The highest BCUT2D eigenvalue weighted by atomic mass is 19.4. The number of hydrogen-bond donors (Lipinski definition) is 0. The normalized spacial score (nSPS) is 16.5. The van der Waals surface area contributed by atoms with Crippen LogP contribution in [0.5, 0.6) is 0 Å². The summed E-state index contributed by atoms with van der Waals surface area (Å²) in [5.74, 6) is -17.4. The second kappa shape index (κ2) is 6.17. The molecule has 0 saturated heterocycles. The van der Waals surface area contributed by atoms with Gasteiger partial charge in [0.05, 0.1) is 0 Å². The summed E-state index contributed by atoms with van der Waals surface area (Å²) in [4.78, 5) is 10.6. The summed E-state index contributed by atoms with van der Waals surface area (Å²) >= 11 is 0. The Morgan fingerprint density at radius 2 is 0.846 bits per heavy atom. The molecule has 0 atom stereocenters. The molecule has 26 heavy (non-hydrogen) atoms. The molecule has 0 radical (unpaired) electrons. The number of Topliss-reactive ketones (excluding diaryl/α,β-unsaturated/α-hetero) is 1. The number of alkyl halides is 15. The van der Waals surface area contributed by atoms with Crippen LogP contribution >= 0.6 is 0 Å². The van der Waals surface area contributed by atoms with Gasteiger partial charge in [-0.2, -0.15) is 61.5 Å². The maximum Gasteiger partial charge on any atom is 0.461 e. The zero-order chi connectivity index (χ0) is 21.7. The molecule has 1 nitrogen and oxygen atoms in total. The Hall–Kier alpha value is -1.71. The third-order valence-electron chi connectivity index (χ3n) is 2.45. The molecule has 0 heterocycles. The Bertz CT molecular complexity index is 567. The van der Waals surface area contributed by atoms with E-state index in [9.17, 15) is 75.0 Å². The van der Waals surface area contributed by atoms with Crippen LogP contribution in [0, 0.1) is 0 Å². The molecule has 0 aromatic carbocycles. The highest BCUT2D eigenvalue weighted by Crippen LogP contribution is 2.54. The van der Waals surface area contributed by atoms with Crippen LogP contribution in [-0.2, 0) is 4.79 Å². The number of carbonyl (C=O) groups is 1. The predicted octanol–water partition coefficient (Wildman–Crippen LogP) is 5.37. The lowest BCUT2D eigenvalue weighted by Crippen LogP contribution is -2.56. The van der Waals surface area contributed by atoms with Gasteiger partial charge in [-0.15, -0.1) is 0 Å². The minimum absolute atomic E-state index is 4.90. The Morgan fingerprint density at radius 1 is 0.538 bits per heavy atom. The SMILES string of the molecule is O=C(C(=C(F)C(F)(C(F)(F)F)C(F)(F)F)C(F)(F)F)C(F)(F)C(F)(F)F. The van der Waals surface area contributed by atoms with Crippen LogP contribution in [0.3, 0.4) is 0 Å². The maximum atomic E-state index is 13.2. The smallest absolute Gasteiger partial charge is 0.287 e. The molecule has 0 N–H and O–H groups in total. The molecule has 0 aromatic rings. The van der Waals surface area contributed by atoms with Crippen molar-refractivity contribution < 1.29 is 75.0 Å². The van der Waals surface area contributed by atoms with Crippen molar-refractivity contribution >= 4 is 5.78 Å². The molecule has 0 unspecified atom stereocenters. The van der Waals surface area contributed by atoms with Crippen LogP contribution < -0.4 is 0 Å². The standard InChI is InChI=1S/C9F16O/c10-2(4(11,7(17,18)19)8(20,21)22)1(6(14,15)16)3(26)5(12,13)9(23,24)25. The predicted molar refractivity (Wildman–Crippen MR) is 46.1 cm³/mol. The number of halogens is 16. The summed E-state index contributed by atoms with van der Waals surface area (Å²) in [6.07, 6.45) is -29.9. The van der Waals surface area contributed by atoms with Gasteiger partial charge in [-0.25, -0.2) is 8.78 Å². The average Bonchev–Trinajstić information content (AvgIpc) is 2.31. The van der Waals surface area contributed by atoms with Crippen molar-refractivity contribution in [2.45, 2.75) is 36.3 Å². The molecule has 0 rings (SSSR count). The molecule has 0 aromatic heterocycles. The van der Waals surface area contributed by atoms with Gasteiger partial charge < -0.3 is 0 Å². The summed E-state index contributed by atoms with van der Waals surface area (Å²) in [6, 6.07) is 0. The highest BCUT2D eigenvalue weighted by molar-refractivity contribution is 6.03. The van der Waals surface area contributed by atoms with Crippen LogP contribution in [0.15, 0.2) is 11.4 Å². The molecule has 17 heteroatoms. The van der Waals surface area contributed by atoms with Crippen molar-refractivity contribution in [1.29, 1.82) is 0 Å². The van der Waals surface area contributed by atoms with Gasteiger partial charge in [-0.1, -0.05) is 0 Å². The molecular weight excluding hydrogens is 428 g/mol. The molecular formula is C9F16O. The molecule has 0 fully saturated rings. The zero-order valence-electron chi connectivity index (χ0n) is 11.0. The number of allylic oxidation sites excluding steroid dienone is 2. The molecule has 0 aliphatic heterocycles. The van der Waals surface area contributed by atoms with Gasteiger partial charge in [0.15, 0.2) is 5.83 Å². The highest BCUT2D eigenvalue weighted by Gasteiger charge is 2.78. The van der Waals surface area contributed by atoms with Crippen molar-refractivity contribution in [1.82, 2.24) is 0 Å². The summed E-state index contributed by atoms with van der Waals surface area (Å²) in [6.45, 7) is 0. The number of ketones is 1. The lowest BCUT2D eigenvalue weighted by molar-refractivity contribution is -0.332. The first-order valence-electron chi connectivity index (χ1n) is 5.23. The topological polar surface area (TPSA) is 17.1 Å². The molecule has 0 aliphatic rings. The van der Waals surface area contributed by atoms with Gasteiger partial charge in [0.2, 0.25) is 5.78 Å². The van der Waals surface area contributed by atoms with Crippen LogP contribution in [0.4, 0.5) is 70.2 Å². The lowest BCUT2D eigenvalue weighted by Gasteiger charge is -2.30. The van der Waals surface area contributed by atoms with Gasteiger partial charge in [0.25, 0.3) is 0 Å². The van der Waals surface area contributed by atoms with Crippen LogP contribution in [0.1, 0.15) is 0 Å². The van der Waals surface area contributed by atoms with Crippen molar-refractivity contribution in [3.05, 3.63) is 11.4 Å². The van der Waals surface area contributed by atoms with E-state index in [4.69, 9.17) is 0 Å². The fourth-order valence-corrected chi connectivity index (χ4v) is 1.22. The van der Waals surface area contributed by atoms with E-state index < -0.39 is 53.5 Å². The Labute approximate surface area is 130 Å². The molecule has 0 aliphatic carbocycles. The van der Waals surface area contributed by atoms with Crippen LogP contribution in [-0.4, -0.2) is 42.1 Å². The minimum Gasteiger partial charge on any atom is -0.287 e. The summed E-state index contributed by atoms with van der Waals surface area (Å²) in [7, 11) is 0. The van der Waals surface area contributed by atoms with E-state index in [1.807, 2.05) is 0 Å². The van der Waals surface area contributed by atoms with Crippen LogP contribution in [0.2, 0.25) is 0 Å². The van der Waals surface area contributed by atoms with Crippen molar-refractivity contribution in [3.8, 4) is 0 Å². The van der Waals surface area contributed by atoms with E-state index in [1.165, 1.54) is 0 Å². The third-order valence-corrected chi connectivity index (χ3v) is 2.45. The van der Waals surface area contributed by atoms with E-state index in [-0.39, 0.29) is 0 Å². The molecule has 0 saturated carbocycles. The van der Waals surface area contributed by atoms with E-state index >= 15 is 0 Å². The molecule has 154 valence electrons. The second-order valence-corrected chi connectivity index (χ2v) is 4.24. The van der Waals surface area contributed by atoms with Crippen molar-refractivity contribution in [2.24, 2.45) is 0 Å². The van der Waals surface area contributed by atoms with Crippen LogP contribution in [0.25, 0.3) is 0 Å². The quantitative estimate of drug-likeness (QED) is 0.437. The minimum atomic E-state index is -7.69. The molecule has 0 amide bonds. The fourth-order valence-electron chi connectivity index (χ4n) is 1.22. The van der Waals surface area contributed by atoms with Gasteiger partial charge in [0, 0.05) is 0 Å². The molecule has 0 spiro atoms. The van der Waals surface area contributed by atoms with E-state index in [0.29, 0.717) is 0 Å². The first-order chi connectivity index (χ1) is 10.9. The number of rotatable bonds is 3. The number of hydrogen-bond acceptors (Lipinski definition) is 1. The Kier molecular flexibility index (Phi) is 5.77. The van der Waals surface area contributed by atoms with Crippen molar-refractivity contribution in [2.75, 3.05) is 0 Å². The number of carbonyl (C=O) groups excluding carboxylic acids is 1. The maximum absolute atomic E-state index is 13.2. The largest absolute Gasteiger partial charge is 0.461 e. The average molecular weight is 428 g/mol. The Morgan fingerprint density at radius 3 is 1.04 bits per heavy atom. The lowest BCUT2D eigenvalue weighted by atomic mass is 9.94. The molecule has 0 bridgehead atoms. The monoisotopic (exact) mass is 428 g/mol. The van der Waals surface area contributed by atoms with Gasteiger partial charge in [-0.05, 0) is 0 Å². The van der Waals surface area contributed by atoms with Gasteiger partial charge >= 0.3 is 36.3 Å².